The predicted octanol–water partition coefficient (Wildman–Crippen LogP) is 7.28. The minimum atomic E-state index is -1.40. The van der Waals surface area contributed by atoms with Crippen LogP contribution in [0.25, 0.3) is 0 Å². The highest BCUT2D eigenvalue weighted by molar-refractivity contribution is 6.69. The van der Waals surface area contributed by atoms with E-state index < -0.39 is 8.32 Å². The van der Waals surface area contributed by atoms with Crippen molar-refractivity contribution in [1.29, 1.82) is 0 Å². The second-order valence-corrected chi connectivity index (χ2v) is 16.5. The molecule has 4 aliphatic rings. The van der Waals surface area contributed by atoms with Crippen LogP contribution in [-0.2, 0) is 4.43 Å². The first-order chi connectivity index (χ1) is 12.2. The summed E-state index contributed by atoms with van der Waals surface area (Å²) in [6, 6.07) is 0. The van der Waals surface area contributed by atoms with Gasteiger partial charge in [-0.1, -0.05) is 27.2 Å². The van der Waals surface area contributed by atoms with Crippen molar-refractivity contribution < 1.29 is 4.43 Å². The lowest BCUT2D eigenvalue weighted by molar-refractivity contribution is -0.124. The maximum Gasteiger partial charge on any atom is 0.184 e. The Balaban J connectivity index is 1.51. The van der Waals surface area contributed by atoms with E-state index in [-0.39, 0.29) is 0 Å². The number of hydrogen-bond acceptors (Lipinski definition) is 1. The van der Waals surface area contributed by atoms with Crippen LogP contribution in [0.5, 0.6) is 0 Å². The summed E-state index contributed by atoms with van der Waals surface area (Å²) in [6.07, 6.45) is 15.3. The molecule has 0 N–H and O–H groups in total. The molecule has 0 amide bonds. The summed E-state index contributed by atoms with van der Waals surface area (Å²) in [7, 11) is -1.40. The van der Waals surface area contributed by atoms with Crippen LogP contribution in [0.4, 0.5) is 0 Å². The molecule has 150 valence electrons. The third-order valence-corrected chi connectivity index (χ3v) is 10.9. The fourth-order valence-corrected chi connectivity index (χ4v) is 9.82. The van der Waals surface area contributed by atoms with Gasteiger partial charge in [-0.25, -0.2) is 0 Å². The molecule has 0 bridgehead atoms. The largest absolute Gasteiger partial charge is 0.415 e. The van der Waals surface area contributed by atoms with Crippen molar-refractivity contribution in [1.82, 2.24) is 0 Å². The zero-order valence-corrected chi connectivity index (χ0v) is 19.4. The molecule has 0 radical (unpaired) electrons. The Morgan fingerprint density at radius 3 is 2.23 bits per heavy atom. The monoisotopic (exact) mass is 376 g/mol. The Bertz CT molecular complexity index is 525. The molecule has 4 aliphatic carbocycles. The van der Waals surface area contributed by atoms with E-state index in [1.807, 2.05) is 0 Å². The van der Waals surface area contributed by atoms with E-state index in [0.29, 0.717) is 16.9 Å². The van der Waals surface area contributed by atoms with E-state index >= 15 is 0 Å². The quantitative estimate of drug-likeness (QED) is 0.470. The van der Waals surface area contributed by atoms with Gasteiger partial charge in [0.2, 0.25) is 0 Å². The molecule has 3 unspecified atom stereocenters. The highest BCUT2D eigenvalue weighted by atomic mass is 28.4. The molecule has 4 saturated carbocycles. The Morgan fingerprint density at radius 2 is 1.54 bits per heavy atom. The van der Waals surface area contributed by atoms with Crippen molar-refractivity contribution in [2.24, 2.45) is 40.4 Å². The van der Waals surface area contributed by atoms with Gasteiger partial charge in [-0.2, -0.15) is 0 Å². The summed E-state index contributed by atoms with van der Waals surface area (Å²) < 4.78 is 6.56. The van der Waals surface area contributed by atoms with Crippen LogP contribution < -0.4 is 0 Å². The maximum absolute atomic E-state index is 6.56. The van der Waals surface area contributed by atoms with Crippen molar-refractivity contribution in [3.05, 3.63) is 0 Å². The number of hydrogen-bond donors (Lipinski definition) is 0. The third kappa shape index (κ3) is 3.06. The average Bonchev–Trinajstić information content (AvgIpc) is 2.90. The lowest BCUT2D eigenvalue weighted by Gasteiger charge is -2.61. The van der Waals surface area contributed by atoms with E-state index in [4.69, 9.17) is 4.43 Å². The molecule has 1 nitrogen and oxygen atoms in total. The number of rotatable bonds is 3. The Kier molecular flexibility index (Phi) is 4.96. The van der Waals surface area contributed by atoms with Gasteiger partial charge in [-0.05, 0) is 118 Å². The smallest absolute Gasteiger partial charge is 0.184 e. The Hall–Kier alpha value is 0.177. The molecule has 0 aromatic heterocycles. The fraction of sp³-hybridized carbons (Fsp3) is 1.00. The second kappa shape index (κ2) is 6.61. The molecule has 26 heavy (non-hydrogen) atoms. The molecule has 4 fully saturated rings. The van der Waals surface area contributed by atoms with Gasteiger partial charge < -0.3 is 4.43 Å². The van der Waals surface area contributed by atoms with Crippen LogP contribution >= 0.6 is 0 Å². The molecule has 0 aromatic carbocycles. The minimum absolute atomic E-state index is 0.570. The van der Waals surface area contributed by atoms with Gasteiger partial charge in [0.15, 0.2) is 8.32 Å². The summed E-state index contributed by atoms with van der Waals surface area (Å²) >= 11 is 0. The SMILES string of the molecule is CC[C@H]1CCC2C3CC[C@@H]4C[C@H](O[Si](C)(C)C)CC[C@]4(C)C3CC[C@@]21C. The van der Waals surface area contributed by atoms with Gasteiger partial charge in [-0.3, -0.25) is 0 Å². The van der Waals surface area contributed by atoms with E-state index in [0.717, 1.165) is 29.6 Å². The lowest BCUT2D eigenvalue weighted by Crippen LogP contribution is -2.54. The van der Waals surface area contributed by atoms with Gasteiger partial charge >= 0.3 is 0 Å². The van der Waals surface area contributed by atoms with Crippen molar-refractivity contribution in [2.45, 2.75) is 111 Å². The summed E-state index contributed by atoms with van der Waals surface area (Å²) in [5.41, 5.74) is 1.30. The van der Waals surface area contributed by atoms with Crippen molar-refractivity contribution in [3.8, 4) is 0 Å². The molecular formula is C24H44OSi. The van der Waals surface area contributed by atoms with E-state index in [9.17, 15) is 0 Å². The van der Waals surface area contributed by atoms with E-state index in [2.05, 4.69) is 40.4 Å². The van der Waals surface area contributed by atoms with E-state index in [1.54, 1.807) is 0 Å². The zero-order chi connectivity index (χ0) is 18.7. The van der Waals surface area contributed by atoms with Crippen molar-refractivity contribution in [3.63, 3.8) is 0 Å². The topological polar surface area (TPSA) is 9.23 Å². The maximum atomic E-state index is 6.56. The van der Waals surface area contributed by atoms with Gasteiger partial charge in [0.1, 0.15) is 0 Å². The summed E-state index contributed by atoms with van der Waals surface area (Å²) in [5, 5.41) is 0. The molecule has 4 rings (SSSR count). The fourth-order valence-electron chi connectivity index (χ4n) is 8.61. The van der Waals surface area contributed by atoms with Crippen LogP contribution in [0.3, 0.4) is 0 Å². The number of fused-ring (bicyclic) bond motifs is 5. The van der Waals surface area contributed by atoms with Crippen molar-refractivity contribution >= 4 is 8.32 Å². The van der Waals surface area contributed by atoms with Crippen LogP contribution in [0.1, 0.15) is 85.0 Å². The van der Waals surface area contributed by atoms with Gasteiger partial charge in [0.25, 0.3) is 0 Å². The first kappa shape index (κ1) is 19.5. The molecule has 0 saturated heterocycles. The van der Waals surface area contributed by atoms with Gasteiger partial charge in [0.05, 0.1) is 0 Å². The highest BCUT2D eigenvalue weighted by Gasteiger charge is 2.59. The molecule has 0 heterocycles. The summed E-state index contributed by atoms with van der Waals surface area (Å²) in [5.74, 6) is 5.05. The highest BCUT2D eigenvalue weighted by Crippen LogP contribution is 2.67. The van der Waals surface area contributed by atoms with Crippen molar-refractivity contribution in [2.75, 3.05) is 0 Å². The van der Waals surface area contributed by atoms with Crippen LogP contribution in [0.15, 0.2) is 0 Å². The average molecular weight is 377 g/mol. The summed E-state index contributed by atoms with van der Waals surface area (Å²) in [6.45, 7) is 14.9. The van der Waals surface area contributed by atoms with Gasteiger partial charge in [0, 0.05) is 6.10 Å². The second-order valence-electron chi connectivity index (χ2n) is 12.0. The molecule has 0 aromatic rings. The first-order valence-corrected chi connectivity index (χ1v) is 15.3. The molecule has 0 spiro atoms. The predicted molar refractivity (Wildman–Crippen MR) is 114 cm³/mol. The minimum Gasteiger partial charge on any atom is -0.415 e. The lowest BCUT2D eigenvalue weighted by atomic mass is 9.44. The summed E-state index contributed by atoms with van der Waals surface area (Å²) in [4.78, 5) is 0. The van der Waals surface area contributed by atoms with Gasteiger partial charge in [-0.15, -0.1) is 0 Å². The molecule has 8 atom stereocenters. The standard InChI is InChI=1S/C24H44OSi/c1-7-17-9-11-21-20-10-8-18-16-19(25-26(4,5)6)12-14-24(18,3)22(20)13-15-23(17,21)2/h17-22H,7-16H2,1-6H3/t17-,18+,19+,20?,21?,22?,23+,24-/m0/s1. The molecule has 2 heteroatoms. The first-order valence-electron chi connectivity index (χ1n) is 11.8. The normalized spacial score (nSPS) is 51.5. The van der Waals surface area contributed by atoms with Crippen LogP contribution in [0.2, 0.25) is 19.6 Å². The van der Waals surface area contributed by atoms with E-state index in [1.165, 1.54) is 64.2 Å². The Labute approximate surface area is 164 Å². The van der Waals surface area contributed by atoms with Crippen LogP contribution in [0, 0.1) is 40.4 Å². The third-order valence-electron chi connectivity index (χ3n) is 9.83. The zero-order valence-electron chi connectivity index (χ0n) is 18.4. The Morgan fingerprint density at radius 1 is 0.846 bits per heavy atom. The molecule has 0 aliphatic heterocycles. The van der Waals surface area contributed by atoms with Crippen LogP contribution in [-0.4, -0.2) is 14.4 Å². The molecular weight excluding hydrogens is 332 g/mol.